The third-order valence-corrected chi connectivity index (χ3v) is 7.16. The number of carbonyl (C=O) groups excluding carboxylic acids is 3. The maximum atomic E-state index is 13.9. The molecule has 0 bridgehead atoms. The average Bonchev–Trinajstić information content (AvgIpc) is 3.27. The third-order valence-electron chi connectivity index (χ3n) is 7.16. The fraction of sp³-hybridized carbons (Fsp3) is 0.258. The van der Waals surface area contributed by atoms with Crippen LogP contribution in [0.25, 0.3) is 0 Å². The van der Waals surface area contributed by atoms with E-state index in [-0.39, 0.29) is 37.5 Å². The number of piperazine rings is 1. The van der Waals surface area contributed by atoms with Crippen LogP contribution in [0.15, 0.2) is 97.6 Å². The van der Waals surface area contributed by atoms with Crippen molar-refractivity contribution >= 4 is 17.8 Å². The highest BCUT2D eigenvalue weighted by Crippen LogP contribution is 2.36. The molecule has 2 fully saturated rings. The molecule has 0 radical (unpaired) electrons. The van der Waals surface area contributed by atoms with E-state index in [1.807, 2.05) is 85.8 Å². The molecule has 8 nitrogen and oxygen atoms in total. The Balaban J connectivity index is 1.45. The number of urea groups is 1. The van der Waals surface area contributed by atoms with Crippen molar-refractivity contribution in [2.75, 3.05) is 19.6 Å². The molecule has 3 aromatic rings. The van der Waals surface area contributed by atoms with Crippen LogP contribution < -0.4 is 5.32 Å². The van der Waals surface area contributed by atoms with Crippen LogP contribution in [-0.4, -0.2) is 63.5 Å². The Morgan fingerprint density at radius 1 is 1.00 bits per heavy atom. The monoisotopic (exact) mass is 523 g/mol. The molecule has 2 aliphatic rings. The van der Waals surface area contributed by atoms with Crippen LogP contribution in [0.5, 0.6) is 0 Å². The lowest BCUT2D eigenvalue weighted by Crippen LogP contribution is -2.62. The van der Waals surface area contributed by atoms with Crippen LogP contribution in [-0.2, 0) is 22.7 Å². The minimum Gasteiger partial charge on any atom is -0.333 e. The average molecular weight is 524 g/mol. The number of rotatable bonds is 8. The number of hydrogen-bond donors (Lipinski definition) is 1. The lowest BCUT2D eigenvalue weighted by atomic mass is 10.00. The van der Waals surface area contributed by atoms with Crippen LogP contribution in [0.1, 0.15) is 28.3 Å². The van der Waals surface area contributed by atoms with Gasteiger partial charge in [0.25, 0.3) is 5.91 Å². The lowest BCUT2D eigenvalue weighted by Gasteiger charge is -2.46. The van der Waals surface area contributed by atoms with E-state index in [4.69, 9.17) is 0 Å². The van der Waals surface area contributed by atoms with Crippen molar-refractivity contribution in [3.8, 4) is 0 Å². The van der Waals surface area contributed by atoms with Crippen molar-refractivity contribution in [3.63, 3.8) is 0 Å². The van der Waals surface area contributed by atoms with E-state index in [1.54, 1.807) is 20.9 Å². The molecule has 5 rings (SSSR count). The second-order valence-corrected chi connectivity index (χ2v) is 9.92. The first-order chi connectivity index (χ1) is 19.0. The SMILES string of the molecule is C=CCN(C(=O)NCc1ccccc1)N1CC(=O)N2[C@@H](c3ccccc3)C(=O)N(Cc3cccc(C)c3)C[C@@H]21. The van der Waals surface area contributed by atoms with Crippen molar-refractivity contribution < 1.29 is 14.4 Å². The van der Waals surface area contributed by atoms with Gasteiger partial charge in [-0.3, -0.25) is 14.6 Å². The van der Waals surface area contributed by atoms with Crippen molar-refractivity contribution in [2.24, 2.45) is 0 Å². The van der Waals surface area contributed by atoms with Gasteiger partial charge < -0.3 is 15.1 Å². The Kier molecular flexibility index (Phi) is 7.74. The number of carbonyl (C=O) groups is 3. The Morgan fingerprint density at radius 3 is 2.38 bits per heavy atom. The zero-order chi connectivity index (χ0) is 27.4. The fourth-order valence-electron chi connectivity index (χ4n) is 5.36. The third kappa shape index (κ3) is 5.56. The molecule has 0 aliphatic carbocycles. The number of fused-ring (bicyclic) bond motifs is 1. The quantitative estimate of drug-likeness (QED) is 0.455. The number of nitrogens with one attached hydrogen (secondary N) is 1. The minimum absolute atomic E-state index is 0.00778. The van der Waals surface area contributed by atoms with E-state index < -0.39 is 12.2 Å². The van der Waals surface area contributed by atoms with Gasteiger partial charge >= 0.3 is 6.03 Å². The van der Waals surface area contributed by atoms with Gasteiger partial charge in [0.1, 0.15) is 12.2 Å². The molecule has 2 aliphatic heterocycles. The molecule has 2 heterocycles. The van der Waals surface area contributed by atoms with Crippen LogP contribution in [0.4, 0.5) is 4.79 Å². The summed E-state index contributed by atoms with van der Waals surface area (Å²) in [4.78, 5) is 44.3. The number of aryl methyl sites for hydroxylation is 1. The summed E-state index contributed by atoms with van der Waals surface area (Å²) in [5, 5.41) is 6.27. The van der Waals surface area contributed by atoms with Crippen LogP contribution in [0, 0.1) is 6.92 Å². The first-order valence-corrected chi connectivity index (χ1v) is 13.1. The Morgan fingerprint density at radius 2 is 1.69 bits per heavy atom. The van der Waals surface area contributed by atoms with Gasteiger partial charge in [-0.25, -0.2) is 4.79 Å². The molecular weight excluding hydrogens is 490 g/mol. The minimum atomic E-state index is -0.773. The van der Waals surface area contributed by atoms with Crippen molar-refractivity contribution in [1.82, 2.24) is 25.1 Å². The molecule has 0 aromatic heterocycles. The summed E-state index contributed by atoms with van der Waals surface area (Å²) in [6.07, 6.45) is 1.13. The summed E-state index contributed by atoms with van der Waals surface area (Å²) >= 11 is 0. The number of benzene rings is 3. The van der Waals surface area contributed by atoms with E-state index in [0.717, 1.165) is 22.3 Å². The molecule has 3 aromatic carbocycles. The molecule has 200 valence electrons. The van der Waals surface area contributed by atoms with E-state index in [0.29, 0.717) is 13.1 Å². The largest absolute Gasteiger partial charge is 0.333 e. The fourth-order valence-corrected chi connectivity index (χ4v) is 5.36. The molecule has 4 amide bonds. The topological polar surface area (TPSA) is 76.2 Å². The first-order valence-electron chi connectivity index (χ1n) is 13.1. The van der Waals surface area contributed by atoms with E-state index >= 15 is 0 Å². The van der Waals surface area contributed by atoms with Gasteiger partial charge in [0, 0.05) is 13.1 Å². The normalized spacial score (nSPS) is 19.1. The summed E-state index contributed by atoms with van der Waals surface area (Å²) in [7, 11) is 0. The molecule has 0 unspecified atom stereocenters. The predicted molar refractivity (Wildman–Crippen MR) is 149 cm³/mol. The Labute approximate surface area is 229 Å². The van der Waals surface area contributed by atoms with Gasteiger partial charge in [0.2, 0.25) is 5.91 Å². The number of hydrogen-bond acceptors (Lipinski definition) is 4. The highest BCUT2D eigenvalue weighted by atomic mass is 16.2. The predicted octanol–water partition coefficient (Wildman–Crippen LogP) is 3.86. The summed E-state index contributed by atoms with van der Waals surface area (Å²) in [5.74, 6) is -0.319. The zero-order valence-electron chi connectivity index (χ0n) is 22.1. The van der Waals surface area contributed by atoms with Gasteiger partial charge in [0.15, 0.2) is 0 Å². The molecular formula is C31H33N5O3. The van der Waals surface area contributed by atoms with E-state index in [2.05, 4.69) is 18.0 Å². The first kappa shape index (κ1) is 26.2. The molecule has 0 spiro atoms. The van der Waals surface area contributed by atoms with Gasteiger partial charge in [-0.05, 0) is 23.6 Å². The molecule has 2 atom stereocenters. The second-order valence-electron chi connectivity index (χ2n) is 9.92. The Hall–Kier alpha value is -4.43. The highest BCUT2D eigenvalue weighted by Gasteiger charge is 2.52. The zero-order valence-corrected chi connectivity index (χ0v) is 22.1. The van der Waals surface area contributed by atoms with E-state index in [1.165, 1.54) is 5.01 Å². The summed E-state index contributed by atoms with van der Waals surface area (Å²) in [5.41, 5.74) is 3.85. The van der Waals surface area contributed by atoms with Crippen molar-refractivity contribution in [2.45, 2.75) is 32.2 Å². The molecule has 39 heavy (non-hydrogen) atoms. The van der Waals surface area contributed by atoms with Crippen molar-refractivity contribution in [3.05, 3.63) is 120 Å². The van der Waals surface area contributed by atoms with Gasteiger partial charge in [-0.2, -0.15) is 5.01 Å². The summed E-state index contributed by atoms with van der Waals surface area (Å²) in [6.45, 7) is 7.12. The molecule has 1 N–H and O–H groups in total. The number of hydrazine groups is 1. The standard InChI is InChI=1S/C31H33N5O3/c1-3-17-34(31(39)32-19-24-12-6-4-7-13-24)35-22-28(37)36-27(35)21-33(20-25-14-10-11-23(2)18-25)30(38)29(36)26-15-8-5-9-16-26/h3-16,18,27,29H,1,17,19-22H2,2H3,(H,32,39)/t27-,29+/m1/s1. The highest BCUT2D eigenvalue weighted by molar-refractivity contribution is 5.92. The smallest absolute Gasteiger partial charge is 0.332 e. The molecule has 0 saturated carbocycles. The number of amides is 4. The molecule has 2 saturated heterocycles. The van der Waals surface area contributed by atoms with Gasteiger partial charge in [0.05, 0.1) is 19.6 Å². The Bertz CT molecular complexity index is 1350. The van der Waals surface area contributed by atoms with Gasteiger partial charge in [-0.15, -0.1) is 6.58 Å². The second kappa shape index (κ2) is 11.5. The number of nitrogens with zero attached hydrogens (tertiary/aromatic N) is 4. The lowest BCUT2D eigenvalue weighted by molar-refractivity contribution is -0.158. The maximum absolute atomic E-state index is 13.9. The maximum Gasteiger partial charge on any atom is 0.332 e. The van der Waals surface area contributed by atoms with Gasteiger partial charge in [-0.1, -0.05) is 96.6 Å². The van der Waals surface area contributed by atoms with Crippen LogP contribution >= 0.6 is 0 Å². The van der Waals surface area contributed by atoms with E-state index in [9.17, 15) is 14.4 Å². The summed E-state index contributed by atoms with van der Waals surface area (Å²) in [6, 6.07) is 26.0. The van der Waals surface area contributed by atoms with Crippen LogP contribution in [0.3, 0.4) is 0 Å². The van der Waals surface area contributed by atoms with Crippen molar-refractivity contribution in [1.29, 1.82) is 0 Å². The summed E-state index contributed by atoms with van der Waals surface area (Å²) < 4.78 is 0. The molecule has 8 heteroatoms. The van der Waals surface area contributed by atoms with Crippen LogP contribution in [0.2, 0.25) is 0 Å².